The number of methoxy groups -OCH3 is 1. The molecule has 0 saturated heterocycles. The smallest absolute Gasteiger partial charge is 0.309 e. The van der Waals surface area contributed by atoms with Gasteiger partial charge in [-0.25, -0.2) is 0 Å². The molecule has 0 spiro atoms. The zero-order valence-electron chi connectivity index (χ0n) is 13.7. The number of hydrogen-bond acceptors (Lipinski definition) is 5. The van der Waals surface area contributed by atoms with E-state index < -0.39 is 10.1 Å². The van der Waals surface area contributed by atoms with Gasteiger partial charge in [0.15, 0.2) is 0 Å². The van der Waals surface area contributed by atoms with Crippen LogP contribution in [0.4, 0.5) is 0 Å². The van der Waals surface area contributed by atoms with Gasteiger partial charge in [0.05, 0.1) is 25.4 Å². The lowest BCUT2D eigenvalue weighted by molar-refractivity contribution is -0.150. The molecule has 126 valence electrons. The molecule has 3 rings (SSSR count). The maximum atomic E-state index is 12.3. The van der Waals surface area contributed by atoms with Gasteiger partial charge in [0.2, 0.25) is 0 Å². The molecule has 3 fully saturated rings. The summed E-state index contributed by atoms with van der Waals surface area (Å²) in [5.41, 5.74) is -0.0152. The van der Waals surface area contributed by atoms with Gasteiger partial charge >= 0.3 is 5.97 Å². The van der Waals surface area contributed by atoms with E-state index in [1.165, 1.54) is 7.11 Å². The van der Waals surface area contributed by atoms with E-state index in [0.717, 1.165) is 25.5 Å². The molecule has 5 nitrogen and oxygen atoms in total. The van der Waals surface area contributed by atoms with Crippen LogP contribution in [-0.4, -0.2) is 33.9 Å². The van der Waals surface area contributed by atoms with Crippen LogP contribution in [0.5, 0.6) is 0 Å². The van der Waals surface area contributed by atoms with Crippen molar-refractivity contribution in [3.05, 3.63) is 0 Å². The van der Waals surface area contributed by atoms with E-state index in [4.69, 9.17) is 8.92 Å². The van der Waals surface area contributed by atoms with Crippen molar-refractivity contribution in [2.75, 3.05) is 13.4 Å². The highest BCUT2D eigenvalue weighted by atomic mass is 32.2. The Morgan fingerprint density at radius 2 is 1.77 bits per heavy atom. The van der Waals surface area contributed by atoms with E-state index in [0.29, 0.717) is 24.2 Å². The van der Waals surface area contributed by atoms with Crippen molar-refractivity contribution in [3.63, 3.8) is 0 Å². The molecule has 4 bridgehead atoms. The molecule has 3 aliphatic rings. The molecule has 0 radical (unpaired) electrons. The topological polar surface area (TPSA) is 69.7 Å². The third kappa shape index (κ3) is 2.58. The molecule has 3 saturated carbocycles. The van der Waals surface area contributed by atoms with Gasteiger partial charge in [0.25, 0.3) is 10.1 Å². The van der Waals surface area contributed by atoms with E-state index in [1.807, 2.05) is 0 Å². The van der Waals surface area contributed by atoms with Crippen molar-refractivity contribution in [1.82, 2.24) is 0 Å². The Bertz CT molecular complexity index is 567. The maximum absolute atomic E-state index is 12.3. The normalized spacial score (nSPS) is 42.9. The molecule has 0 N–H and O–H groups in total. The highest BCUT2D eigenvalue weighted by molar-refractivity contribution is 7.86. The van der Waals surface area contributed by atoms with Gasteiger partial charge in [-0.05, 0) is 54.8 Å². The lowest BCUT2D eigenvalue weighted by Crippen LogP contribution is -2.38. The lowest BCUT2D eigenvalue weighted by Gasteiger charge is -2.38. The highest BCUT2D eigenvalue weighted by Crippen LogP contribution is 2.65. The van der Waals surface area contributed by atoms with Crippen LogP contribution in [0.1, 0.15) is 39.5 Å². The Hall–Kier alpha value is -0.620. The minimum atomic E-state index is -3.48. The quantitative estimate of drug-likeness (QED) is 0.586. The lowest BCUT2D eigenvalue weighted by atomic mass is 9.69. The van der Waals surface area contributed by atoms with Crippen LogP contribution in [0.25, 0.3) is 0 Å². The first-order chi connectivity index (χ1) is 10.1. The standard InChI is InChI=1S/C16H26O5S/c1-16(2)8-9(21-22(4,18)19)7-12-10-5-6-11(14(10)16)13(12)15(17)20-3/h9-14H,5-8H2,1-4H3/t9?,10-,11+,12-,13-,14-/m0/s1. The SMILES string of the molecule is COC(=O)[C@H]1[C@H]2CC[C@H]3[C@@H]1CC(OS(C)(=O)=O)CC(C)(C)[C@H]23. The Balaban J connectivity index is 1.94. The minimum Gasteiger partial charge on any atom is -0.469 e. The van der Waals surface area contributed by atoms with Crippen molar-refractivity contribution >= 4 is 16.1 Å². The second-order valence-electron chi connectivity index (χ2n) is 7.99. The van der Waals surface area contributed by atoms with Gasteiger partial charge < -0.3 is 4.74 Å². The summed E-state index contributed by atoms with van der Waals surface area (Å²) in [5.74, 6) is 1.34. The summed E-state index contributed by atoms with van der Waals surface area (Å²) in [6.07, 6.45) is 4.40. The third-order valence-electron chi connectivity index (χ3n) is 6.20. The average molecular weight is 330 g/mol. The highest BCUT2D eigenvalue weighted by Gasteiger charge is 2.63. The second-order valence-corrected chi connectivity index (χ2v) is 9.60. The molecule has 0 aromatic carbocycles. The number of carbonyl (C=O) groups excluding carboxylic acids is 1. The number of rotatable bonds is 3. The summed E-state index contributed by atoms with van der Waals surface area (Å²) < 4.78 is 33.5. The summed E-state index contributed by atoms with van der Waals surface area (Å²) in [6, 6.07) is 0. The van der Waals surface area contributed by atoms with E-state index in [1.54, 1.807) is 0 Å². The predicted molar refractivity (Wildman–Crippen MR) is 81.4 cm³/mol. The Kier molecular flexibility index (Phi) is 3.84. The molecule has 0 aliphatic heterocycles. The molecule has 0 heterocycles. The van der Waals surface area contributed by atoms with Crippen molar-refractivity contribution in [2.45, 2.75) is 45.6 Å². The van der Waals surface area contributed by atoms with Crippen molar-refractivity contribution in [3.8, 4) is 0 Å². The van der Waals surface area contributed by atoms with Gasteiger partial charge in [-0.3, -0.25) is 8.98 Å². The molecule has 0 amide bonds. The molecular weight excluding hydrogens is 304 g/mol. The summed E-state index contributed by atoms with van der Waals surface area (Å²) in [6.45, 7) is 4.40. The van der Waals surface area contributed by atoms with Gasteiger partial charge in [0.1, 0.15) is 0 Å². The van der Waals surface area contributed by atoms with Crippen LogP contribution in [0, 0.1) is 35.0 Å². The molecule has 1 unspecified atom stereocenters. The van der Waals surface area contributed by atoms with E-state index in [2.05, 4.69) is 13.8 Å². The third-order valence-corrected chi connectivity index (χ3v) is 6.83. The summed E-state index contributed by atoms with van der Waals surface area (Å²) in [5, 5.41) is 0. The Morgan fingerprint density at radius 3 is 2.36 bits per heavy atom. The first-order valence-electron chi connectivity index (χ1n) is 8.10. The van der Waals surface area contributed by atoms with Gasteiger partial charge in [-0.1, -0.05) is 13.8 Å². The van der Waals surface area contributed by atoms with Gasteiger partial charge in [-0.2, -0.15) is 8.42 Å². The summed E-state index contributed by atoms with van der Waals surface area (Å²) in [7, 11) is -2.03. The van der Waals surface area contributed by atoms with Gasteiger partial charge in [0, 0.05) is 0 Å². The molecule has 3 aliphatic carbocycles. The second kappa shape index (κ2) is 5.20. The number of esters is 1. The van der Waals surface area contributed by atoms with E-state index >= 15 is 0 Å². The van der Waals surface area contributed by atoms with Crippen LogP contribution in [0.2, 0.25) is 0 Å². The zero-order chi connectivity index (χ0) is 16.3. The number of carbonyl (C=O) groups is 1. The summed E-state index contributed by atoms with van der Waals surface area (Å²) >= 11 is 0. The molecule has 22 heavy (non-hydrogen) atoms. The van der Waals surface area contributed by atoms with Crippen LogP contribution in [0.3, 0.4) is 0 Å². The molecule has 6 heteroatoms. The van der Waals surface area contributed by atoms with Crippen LogP contribution in [-0.2, 0) is 23.8 Å². The molecule has 0 aromatic heterocycles. The maximum Gasteiger partial charge on any atom is 0.309 e. The summed E-state index contributed by atoms with van der Waals surface area (Å²) in [4.78, 5) is 12.3. The first kappa shape index (κ1) is 16.2. The van der Waals surface area contributed by atoms with E-state index in [9.17, 15) is 13.2 Å². The van der Waals surface area contributed by atoms with Crippen LogP contribution < -0.4 is 0 Å². The van der Waals surface area contributed by atoms with Crippen molar-refractivity contribution in [1.29, 1.82) is 0 Å². The van der Waals surface area contributed by atoms with Crippen LogP contribution in [0.15, 0.2) is 0 Å². The van der Waals surface area contributed by atoms with E-state index in [-0.39, 0.29) is 29.3 Å². The molecular formula is C16H26O5S. The molecule has 6 atom stereocenters. The average Bonchev–Trinajstić information content (AvgIpc) is 2.88. The fourth-order valence-electron chi connectivity index (χ4n) is 5.93. The number of ether oxygens (including phenoxy) is 1. The van der Waals surface area contributed by atoms with Crippen molar-refractivity contribution < 1.29 is 22.1 Å². The Morgan fingerprint density at radius 1 is 1.14 bits per heavy atom. The van der Waals surface area contributed by atoms with Crippen LogP contribution >= 0.6 is 0 Å². The fraction of sp³-hybridized carbons (Fsp3) is 0.938. The Labute approximate surface area is 132 Å². The molecule has 0 aromatic rings. The fourth-order valence-corrected chi connectivity index (χ4v) is 6.57. The predicted octanol–water partition coefficient (Wildman–Crippen LogP) is 2.21. The first-order valence-corrected chi connectivity index (χ1v) is 9.92. The van der Waals surface area contributed by atoms with Crippen molar-refractivity contribution in [2.24, 2.45) is 35.0 Å². The largest absolute Gasteiger partial charge is 0.469 e. The number of hydrogen-bond donors (Lipinski definition) is 0. The van der Waals surface area contributed by atoms with Gasteiger partial charge in [-0.15, -0.1) is 0 Å². The minimum absolute atomic E-state index is 0.0152. The zero-order valence-corrected chi connectivity index (χ0v) is 14.6. The monoisotopic (exact) mass is 330 g/mol.